The van der Waals surface area contributed by atoms with Gasteiger partial charge in [0.05, 0.1) is 25.0 Å². The Labute approximate surface area is 194 Å². The van der Waals surface area contributed by atoms with Gasteiger partial charge in [-0.25, -0.2) is 9.48 Å². The normalized spacial score (nSPS) is 11.3. The van der Waals surface area contributed by atoms with E-state index in [0.29, 0.717) is 25.6 Å². The molecular weight excluding hydrogens is 499 g/mol. The van der Waals surface area contributed by atoms with Crippen molar-refractivity contribution in [3.8, 4) is 11.4 Å². The highest BCUT2D eigenvalue weighted by molar-refractivity contribution is 14.0. The molecule has 0 bridgehead atoms. The molecule has 2 rings (SSSR count). The summed E-state index contributed by atoms with van der Waals surface area (Å²) in [5.41, 5.74) is 1.31. The van der Waals surface area contributed by atoms with Crippen molar-refractivity contribution in [2.75, 3.05) is 27.2 Å². The summed E-state index contributed by atoms with van der Waals surface area (Å²) in [6.45, 7) is 6.93. The van der Waals surface area contributed by atoms with Gasteiger partial charge in [-0.2, -0.15) is 5.10 Å². The van der Waals surface area contributed by atoms with Crippen LogP contribution in [0.5, 0.6) is 5.75 Å². The summed E-state index contributed by atoms with van der Waals surface area (Å²) in [5.74, 6) is 1.42. The predicted octanol–water partition coefficient (Wildman–Crippen LogP) is 2.69. The van der Waals surface area contributed by atoms with E-state index in [-0.39, 0.29) is 24.0 Å². The first kappa shape index (κ1) is 25.5. The highest BCUT2D eigenvalue weighted by atomic mass is 127. The number of guanidine groups is 1. The van der Waals surface area contributed by atoms with Gasteiger partial charge in [0, 0.05) is 26.3 Å². The van der Waals surface area contributed by atoms with Crippen molar-refractivity contribution in [1.29, 1.82) is 0 Å². The van der Waals surface area contributed by atoms with Crippen LogP contribution >= 0.6 is 24.0 Å². The Kier molecular flexibility index (Phi) is 10.4. The molecule has 3 N–H and O–H groups in total. The molecule has 0 aliphatic carbocycles. The molecule has 1 heterocycles. The summed E-state index contributed by atoms with van der Waals surface area (Å²) in [6, 6.07) is 9.62. The van der Waals surface area contributed by atoms with Crippen LogP contribution in [0.2, 0.25) is 0 Å². The van der Waals surface area contributed by atoms with Crippen molar-refractivity contribution in [3.05, 3.63) is 42.2 Å². The summed E-state index contributed by atoms with van der Waals surface area (Å²) < 4.78 is 12.2. The Morgan fingerprint density at radius 2 is 1.77 bits per heavy atom. The standard InChI is InChI=1S/C20H30N6O3.HI/c1-20(2,3)29-19(27)23-12-11-22-18(21-4)24-14-15-10-13-26(25-15)16-6-8-17(28-5)9-7-16;/h6-10,13H,11-12,14H2,1-5H3,(H,23,27)(H2,21,22,24);1H. The molecule has 30 heavy (non-hydrogen) atoms. The topological polar surface area (TPSA) is 102 Å². The van der Waals surface area contributed by atoms with Crippen molar-refractivity contribution in [2.24, 2.45) is 4.99 Å². The van der Waals surface area contributed by atoms with E-state index in [1.54, 1.807) is 18.8 Å². The molecule has 0 aliphatic rings. The van der Waals surface area contributed by atoms with Crippen LogP contribution in [0.3, 0.4) is 0 Å². The molecule has 1 amide bonds. The van der Waals surface area contributed by atoms with Crippen LogP contribution in [-0.2, 0) is 11.3 Å². The molecule has 9 nitrogen and oxygen atoms in total. The smallest absolute Gasteiger partial charge is 0.407 e. The van der Waals surface area contributed by atoms with Crippen LogP contribution < -0.4 is 20.7 Å². The molecule has 166 valence electrons. The molecule has 0 atom stereocenters. The Hall–Kier alpha value is -2.50. The number of hydrogen-bond acceptors (Lipinski definition) is 5. The second kappa shape index (κ2) is 12.3. The van der Waals surface area contributed by atoms with Crippen LogP contribution in [0, 0.1) is 0 Å². The molecule has 0 fully saturated rings. The number of ether oxygens (including phenoxy) is 2. The second-order valence-corrected chi connectivity index (χ2v) is 7.23. The van der Waals surface area contributed by atoms with Crippen LogP contribution in [-0.4, -0.2) is 54.7 Å². The summed E-state index contributed by atoms with van der Waals surface area (Å²) in [4.78, 5) is 15.8. The van der Waals surface area contributed by atoms with E-state index < -0.39 is 11.7 Å². The SMILES string of the molecule is CN=C(NCCNC(=O)OC(C)(C)C)NCc1ccn(-c2ccc(OC)cc2)n1.I. The Balaban J connectivity index is 0.00000450. The average Bonchev–Trinajstić information content (AvgIpc) is 3.15. The molecule has 0 aliphatic heterocycles. The van der Waals surface area contributed by atoms with Gasteiger partial charge in [0.1, 0.15) is 11.4 Å². The lowest BCUT2D eigenvalue weighted by Gasteiger charge is -2.19. The first-order chi connectivity index (χ1) is 13.8. The van der Waals surface area contributed by atoms with Crippen molar-refractivity contribution >= 4 is 36.0 Å². The van der Waals surface area contributed by atoms with Crippen molar-refractivity contribution in [3.63, 3.8) is 0 Å². The van der Waals surface area contributed by atoms with Gasteiger partial charge in [-0.15, -0.1) is 24.0 Å². The van der Waals surface area contributed by atoms with Gasteiger partial charge in [-0.3, -0.25) is 4.99 Å². The zero-order valence-electron chi connectivity index (χ0n) is 18.1. The number of amides is 1. The second-order valence-electron chi connectivity index (χ2n) is 7.23. The zero-order valence-corrected chi connectivity index (χ0v) is 20.4. The van der Waals surface area contributed by atoms with E-state index >= 15 is 0 Å². The maximum absolute atomic E-state index is 11.6. The van der Waals surface area contributed by atoms with E-state index in [2.05, 4.69) is 26.0 Å². The van der Waals surface area contributed by atoms with Gasteiger partial charge in [0.25, 0.3) is 0 Å². The Bertz CT molecular complexity index is 815. The molecule has 10 heteroatoms. The first-order valence-electron chi connectivity index (χ1n) is 9.41. The fourth-order valence-corrected chi connectivity index (χ4v) is 2.39. The molecule has 1 aromatic carbocycles. The number of rotatable bonds is 7. The summed E-state index contributed by atoms with van der Waals surface area (Å²) in [6.07, 6.45) is 1.46. The number of methoxy groups -OCH3 is 1. The number of aromatic nitrogens is 2. The molecule has 0 saturated carbocycles. The van der Waals surface area contributed by atoms with Gasteiger partial charge in [0.15, 0.2) is 5.96 Å². The lowest BCUT2D eigenvalue weighted by molar-refractivity contribution is 0.0529. The first-order valence-corrected chi connectivity index (χ1v) is 9.41. The Morgan fingerprint density at radius 1 is 1.10 bits per heavy atom. The fourth-order valence-electron chi connectivity index (χ4n) is 2.39. The number of nitrogens with one attached hydrogen (secondary N) is 3. The van der Waals surface area contributed by atoms with Crippen LogP contribution in [0.15, 0.2) is 41.5 Å². The Morgan fingerprint density at radius 3 is 2.37 bits per heavy atom. The maximum Gasteiger partial charge on any atom is 0.407 e. The third-order valence-electron chi connectivity index (χ3n) is 3.73. The fraction of sp³-hybridized carbons (Fsp3) is 0.450. The summed E-state index contributed by atoms with van der Waals surface area (Å²) in [7, 11) is 3.33. The van der Waals surface area contributed by atoms with Gasteiger partial charge in [-0.05, 0) is 51.1 Å². The van der Waals surface area contributed by atoms with Crippen LogP contribution in [0.25, 0.3) is 5.69 Å². The molecular formula is C20H31IN6O3. The van der Waals surface area contributed by atoms with E-state index in [0.717, 1.165) is 17.1 Å². The van der Waals surface area contributed by atoms with Crippen LogP contribution in [0.1, 0.15) is 26.5 Å². The van der Waals surface area contributed by atoms with Gasteiger partial charge < -0.3 is 25.4 Å². The molecule has 0 radical (unpaired) electrons. The largest absolute Gasteiger partial charge is 0.497 e. The van der Waals surface area contributed by atoms with Crippen molar-refractivity contribution in [2.45, 2.75) is 32.9 Å². The van der Waals surface area contributed by atoms with Gasteiger partial charge in [0.2, 0.25) is 0 Å². The minimum atomic E-state index is -0.510. The lowest BCUT2D eigenvalue weighted by Crippen LogP contribution is -2.42. The minimum Gasteiger partial charge on any atom is -0.497 e. The third kappa shape index (κ3) is 8.89. The number of hydrogen-bond donors (Lipinski definition) is 3. The minimum absolute atomic E-state index is 0. The number of halogens is 1. The highest BCUT2D eigenvalue weighted by Crippen LogP contribution is 2.14. The number of carbonyl (C=O) groups excluding carboxylic acids is 1. The highest BCUT2D eigenvalue weighted by Gasteiger charge is 2.15. The van der Waals surface area contributed by atoms with Crippen molar-refractivity contribution in [1.82, 2.24) is 25.7 Å². The van der Waals surface area contributed by atoms with E-state index in [1.165, 1.54) is 0 Å². The number of benzene rings is 1. The summed E-state index contributed by atoms with van der Waals surface area (Å²) in [5, 5.41) is 13.6. The number of nitrogens with zero attached hydrogens (tertiary/aromatic N) is 3. The monoisotopic (exact) mass is 530 g/mol. The number of aliphatic imine (C=N–C) groups is 1. The molecule has 0 spiro atoms. The van der Waals surface area contributed by atoms with E-state index in [1.807, 2.05) is 57.3 Å². The molecule has 2 aromatic rings. The number of carbonyl (C=O) groups is 1. The predicted molar refractivity (Wildman–Crippen MR) is 128 cm³/mol. The van der Waals surface area contributed by atoms with Gasteiger partial charge in [-0.1, -0.05) is 0 Å². The van der Waals surface area contributed by atoms with E-state index in [4.69, 9.17) is 9.47 Å². The summed E-state index contributed by atoms with van der Waals surface area (Å²) >= 11 is 0. The molecule has 0 unspecified atom stereocenters. The van der Waals surface area contributed by atoms with Crippen LogP contribution in [0.4, 0.5) is 4.79 Å². The maximum atomic E-state index is 11.6. The molecule has 0 saturated heterocycles. The van der Waals surface area contributed by atoms with Gasteiger partial charge >= 0.3 is 6.09 Å². The quantitative estimate of drug-likeness (QED) is 0.220. The van der Waals surface area contributed by atoms with Crippen molar-refractivity contribution < 1.29 is 14.3 Å². The zero-order chi connectivity index (χ0) is 21.3. The molecule has 1 aromatic heterocycles. The lowest BCUT2D eigenvalue weighted by atomic mass is 10.2. The van der Waals surface area contributed by atoms with E-state index in [9.17, 15) is 4.79 Å². The number of alkyl carbamates (subject to hydrolysis) is 1. The third-order valence-corrected chi connectivity index (χ3v) is 3.73. The average molecular weight is 530 g/mol.